The van der Waals surface area contributed by atoms with Crippen molar-refractivity contribution in [3.8, 4) is 0 Å². The average Bonchev–Trinajstić information content (AvgIpc) is 2.97. The minimum absolute atomic E-state index is 0.248. The molecule has 0 unspecified atom stereocenters. The Morgan fingerprint density at radius 3 is 2.32 bits per heavy atom. The second-order valence-corrected chi connectivity index (χ2v) is 4.69. The van der Waals surface area contributed by atoms with E-state index in [2.05, 4.69) is 15.8 Å². The SMILES string of the molecule is O=C(NNC(=O)c1cc2ccccc2[nH]1)c1ccc(F)cc1. The summed E-state index contributed by atoms with van der Waals surface area (Å²) in [5.41, 5.74) is 6.00. The molecule has 0 fully saturated rings. The molecule has 6 heteroatoms. The number of H-pyrrole nitrogens is 1. The summed E-state index contributed by atoms with van der Waals surface area (Å²) < 4.78 is 12.8. The molecule has 3 rings (SSSR count). The molecule has 0 atom stereocenters. The highest BCUT2D eigenvalue weighted by Crippen LogP contribution is 2.14. The number of fused-ring (bicyclic) bond motifs is 1. The van der Waals surface area contributed by atoms with Crippen LogP contribution in [0.3, 0.4) is 0 Å². The van der Waals surface area contributed by atoms with Gasteiger partial charge in [-0.25, -0.2) is 4.39 Å². The fourth-order valence-corrected chi connectivity index (χ4v) is 2.05. The summed E-state index contributed by atoms with van der Waals surface area (Å²) in [6, 6.07) is 14.2. The van der Waals surface area contributed by atoms with E-state index in [9.17, 15) is 14.0 Å². The molecule has 0 spiro atoms. The highest BCUT2D eigenvalue weighted by molar-refractivity contribution is 6.00. The van der Waals surface area contributed by atoms with Gasteiger partial charge in [-0.3, -0.25) is 20.4 Å². The normalized spacial score (nSPS) is 10.4. The predicted molar refractivity (Wildman–Crippen MR) is 79.6 cm³/mol. The number of para-hydroxylation sites is 1. The van der Waals surface area contributed by atoms with Gasteiger partial charge in [0.05, 0.1) is 0 Å². The van der Waals surface area contributed by atoms with E-state index in [1.54, 1.807) is 6.07 Å². The van der Waals surface area contributed by atoms with Crippen LogP contribution < -0.4 is 10.9 Å². The molecule has 3 N–H and O–H groups in total. The van der Waals surface area contributed by atoms with Crippen LogP contribution in [0.2, 0.25) is 0 Å². The van der Waals surface area contributed by atoms with Gasteiger partial charge in [0, 0.05) is 16.5 Å². The molecule has 0 saturated heterocycles. The Morgan fingerprint density at radius 1 is 0.909 bits per heavy atom. The summed E-state index contributed by atoms with van der Waals surface area (Å²) in [4.78, 5) is 26.7. The van der Waals surface area contributed by atoms with Gasteiger partial charge in [-0.15, -0.1) is 0 Å². The van der Waals surface area contributed by atoms with E-state index in [-0.39, 0.29) is 5.56 Å². The van der Waals surface area contributed by atoms with Gasteiger partial charge in [-0.05, 0) is 36.4 Å². The van der Waals surface area contributed by atoms with E-state index in [4.69, 9.17) is 0 Å². The third-order valence-corrected chi connectivity index (χ3v) is 3.17. The van der Waals surface area contributed by atoms with E-state index in [0.717, 1.165) is 10.9 Å². The van der Waals surface area contributed by atoms with Crippen LogP contribution >= 0.6 is 0 Å². The quantitative estimate of drug-likeness (QED) is 0.635. The molecular weight excluding hydrogens is 285 g/mol. The number of carbonyl (C=O) groups is 2. The Bertz CT molecular complexity index is 807. The van der Waals surface area contributed by atoms with Gasteiger partial charge in [0.15, 0.2) is 0 Å². The second kappa shape index (κ2) is 5.69. The van der Waals surface area contributed by atoms with Crippen LogP contribution in [0.4, 0.5) is 4.39 Å². The zero-order chi connectivity index (χ0) is 15.5. The molecular formula is C16H12FN3O2. The molecule has 0 aliphatic carbocycles. The lowest BCUT2D eigenvalue weighted by Gasteiger charge is -2.06. The van der Waals surface area contributed by atoms with Crippen molar-refractivity contribution >= 4 is 22.7 Å². The number of nitrogens with one attached hydrogen (secondary N) is 3. The summed E-state index contributed by atoms with van der Waals surface area (Å²) in [5.74, 6) is -1.42. The van der Waals surface area contributed by atoms with Gasteiger partial charge in [-0.2, -0.15) is 0 Å². The first-order chi connectivity index (χ1) is 10.6. The van der Waals surface area contributed by atoms with Crippen LogP contribution in [-0.2, 0) is 0 Å². The minimum atomic E-state index is -0.524. The molecule has 3 aromatic rings. The smallest absolute Gasteiger partial charge is 0.286 e. The summed E-state index contributed by atoms with van der Waals surface area (Å²) in [6.45, 7) is 0. The van der Waals surface area contributed by atoms with Gasteiger partial charge in [0.25, 0.3) is 11.8 Å². The van der Waals surface area contributed by atoms with Crippen molar-refractivity contribution in [3.05, 3.63) is 71.7 Å². The van der Waals surface area contributed by atoms with Crippen LogP contribution in [0.1, 0.15) is 20.8 Å². The molecule has 0 radical (unpaired) electrons. The first-order valence-corrected chi connectivity index (χ1v) is 6.57. The van der Waals surface area contributed by atoms with Crippen LogP contribution in [0.15, 0.2) is 54.6 Å². The number of hydrogen-bond acceptors (Lipinski definition) is 2. The number of halogens is 1. The largest absolute Gasteiger partial charge is 0.350 e. The molecule has 110 valence electrons. The summed E-state index contributed by atoms with van der Waals surface area (Å²) >= 11 is 0. The van der Waals surface area contributed by atoms with Gasteiger partial charge in [0.2, 0.25) is 0 Å². The topological polar surface area (TPSA) is 74.0 Å². The monoisotopic (exact) mass is 297 g/mol. The van der Waals surface area contributed by atoms with E-state index in [1.807, 2.05) is 24.3 Å². The number of carbonyl (C=O) groups excluding carboxylic acids is 2. The lowest BCUT2D eigenvalue weighted by Crippen LogP contribution is -2.41. The van der Waals surface area contributed by atoms with Crippen molar-refractivity contribution < 1.29 is 14.0 Å². The van der Waals surface area contributed by atoms with E-state index in [0.29, 0.717) is 5.69 Å². The first-order valence-electron chi connectivity index (χ1n) is 6.57. The van der Waals surface area contributed by atoms with Crippen LogP contribution in [0.25, 0.3) is 10.9 Å². The second-order valence-electron chi connectivity index (χ2n) is 4.69. The van der Waals surface area contributed by atoms with Gasteiger partial charge < -0.3 is 4.98 Å². The summed E-state index contributed by atoms with van der Waals surface area (Å²) in [5, 5.41) is 0.900. The predicted octanol–water partition coefficient (Wildman–Crippen LogP) is 2.38. The van der Waals surface area contributed by atoms with E-state index < -0.39 is 17.6 Å². The van der Waals surface area contributed by atoms with E-state index >= 15 is 0 Å². The maximum absolute atomic E-state index is 12.8. The van der Waals surface area contributed by atoms with Gasteiger partial charge in [-0.1, -0.05) is 18.2 Å². The average molecular weight is 297 g/mol. The molecule has 0 aliphatic rings. The maximum atomic E-state index is 12.8. The fourth-order valence-electron chi connectivity index (χ4n) is 2.05. The number of benzene rings is 2. The number of aromatic amines is 1. The number of rotatable bonds is 2. The molecule has 2 aromatic carbocycles. The Kier molecular flexibility index (Phi) is 3.57. The highest BCUT2D eigenvalue weighted by Gasteiger charge is 2.11. The Labute approximate surface area is 125 Å². The standard InChI is InChI=1S/C16H12FN3O2/c17-12-7-5-10(6-8-12)15(21)19-20-16(22)14-9-11-3-1-2-4-13(11)18-14/h1-9,18H,(H,19,21)(H,20,22). The number of hydrazine groups is 1. The third-order valence-electron chi connectivity index (χ3n) is 3.17. The van der Waals surface area contributed by atoms with Crippen molar-refractivity contribution in [2.75, 3.05) is 0 Å². The molecule has 0 bridgehead atoms. The third kappa shape index (κ3) is 2.80. The zero-order valence-electron chi connectivity index (χ0n) is 11.4. The Hall–Kier alpha value is -3.15. The lowest BCUT2D eigenvalue weighted by molar-refractivity contribution is 0.0844. The molecule has 1 aromatic heterocycles. The molecule has 1 heterocycles. The summed E-state index contributed by atoms with van der Waals surface area (Å²) in [6.07, 6.45) is 0. The molecule has 0 aliphatic heterocycles. The van der Waals surface area contributed by atoms with Crippen LogP contribution in [0, 0.1) is 5.82 Å². The van der Waals surface area contributed by atoms with Crippen molar-refractivity contribution in [1.29, 1.82) is 0 Å². The maximum Gasteiger partial charge on any atom is 0.286 e. The van der Waals surface area contributed by atoms with Crippen molar-refractivity contribution in [2.45, 2.75) is 0 Å². The summed E-state index contributed by atoms with van der Waals surface area (Å²) in [7, 11) is 0. The zero-order valence-corrected chi connectivity index (χ0v) is 11.4. The number of aromatic nitrogens is 1. The number of amides is 2. The van der Waals surface area contributed by atoms with Crippen LogP contribution in [0.5, 0.6) is 0 Å². The van der Waals surface area contributed by atoms with Crippen molar-refractivity contribution in [1.82, 2.24) is 15.8 Å². The Balaban J connectivity index is 1.66. The van der Waals surface area contributed by atoms with Gasteiger partial charge >= 0.3 is 0 Å². The molecule has 5 nitrogen and oxygen atoms in total. The van der Waals surface area contributed by atoms with Gasteiger partial charge in [0.1, 0.15) is 11.5 Å². The van der Waals surface area contributed by atoms with E-state index in [1.165, 1.54) is 24.3 Å². The molecule has 2 amide bonds. The van der Waals surface area contributed by atoms with Crippen molar-refractivity contribution in [3.63, 3.8) is 0 Å². The Morgan fingerprint density at radius 2 is 1.59 bits per heavy atom. The lowest BCUT2D eigenvalue weighted by atomic mass is 10.2. The number of hydrogen-bond donors (Lipinski definition) is 3. The first kappa shape index (κ1) is 13.8. The fraction of sp³-hybridized carbons (Fsp3) is 0. The minimum Gasteiger partial charge on any atom is -0.350 e. The molecule has 0 saturated carbocycles. The van der Waals surface area contributed by atoms with Crippen LogP contribution in [-0.4, -0.2) is 16.8 Å². The van der Waals surface area contributed by atoms with Crippen molar-refractivity contribution in [2.24, 2.45) is 0 Å². The molecule has 22 heavy (non-hydrogen) atoms. The highest BCUT2D eigenvalue weighted by atomic mass is 19.1.